The molecule has 248 valence electrons. The Kier molecular flexibility index (Phi) is 9.50. The quantitative estimate of drug-likeness (QED) is 0.0982. The summed E-state index contributed by atoms with van der Waals surface area (Å²) in [5.41, 5.74) is -10.1. The van der Waals surface area contributed by atoms with Gasteiger partial charge in [-0.3, -0.25) is 0 Å². The van der Waals surface area contributed by atoms with E-state index in [0.717, 1.165) is 0 Å². The van der Waals surface area contributed by atoms with Crippen molar-refractivity contribution in [3.05, 3.63) is 135 Å². The number of ether oxygens (including phenoxy) is 2. The minimum absolute atomic E-state index is 0.156. The Morgan fingerprint density at radius 1 is 0.458 bits per heavy atom. The molecule has 0 saturated carbocycles. The van der Waals surface area contributed by atoms with Crippen LogP contribution in [0.3, 0.4) is 0 Å². The lowest BCUT2D eigenvalue weighted by Crippen LogP contribution is -2.21. The molecule has 16 heteroatoms. The second-order valence-corrected chi connectivity index (χ2v) is 9.54. The Labute approximate surface area is 264 Å². The molecule has 10 nitrogen and oxygen atoms in total. The predicted octanol–water partition coefficient (Wildman–Crippen LogP) is 7.39. The van der Waals surface area contributed by atoms with Gasteiger partial charge < -0.3 is 29.9 Å². The van der Waals surface area contributed by atoms with Crippen molar-refractivity contribution in [2.24, 2.45) is 0 Å². The Morgan fingerprint density at radius 2 is 0.771 bits per heavy atom. The van der Waals surface area contributed by atoms with Gasteiger partial charge in [0, 0.05) is 0 Å². The SMILES string of the molecule is O=C(O)c1c(OC(Oc2ccc(C(F)(F)F)c(C(=O)O)c2C(=O)O)=C(c2ccccc2)c2ccccc2)ccc(C(F)(F)F)c1C(=O)O. The van der Waals surface area contributed by atoms with Crippen LogP contribution in [0.25, 0.3) is 5.57 Å². The number of carboxylic acids is 4. The first kappa shape index (κ1) is 34.6. The van der Waals surface area contributed by atoms with E-state index in [-0.39, 0.29) is 28.8 Å². The molecule has 4 N–H and O–H groups in total. The highest BCUT2D eigenvalue weighted by Gasteiger charge is 2.41. The van der Waals surface area contributed by atoms with Crippen molar-refractivity contribution < 1.29 is 75.4 Å². The molecule has 48 heavy (non-hydrogen) atoms. The topological polar surface area (TPSA) is 168 Å². The lowest BCUT2D eigenvalue weighted by molar-refractivity contribution is -0.138. The van der Waals surface area contributed by atoms with Crippen molar-refractivity contribution in [3.8, 4) is 11.5 Å². The van der Waals surface area contributed by atoms with E-state index in [1.54, 1.807) is 12.1 Å². The van der Waals surface area contributed by atoms with Gasteiger partial charge in [-0.1, -0.05) is 60.7 Å². The molecule has 0 bridgehead atoms. The fourth-order valence-electron chi connectivity index (χ4n) is 4.61. The Morgan fingerprint density at radius 3 is 1.04 bits per heavy atom. The Balaban J connectivity index is 2.14. The number of aromatic carboxylic acids is 4. The monoisotopic (exact) mass is 676 g/mol. The van der Waals surface area contributed by atoms with Crippen LogP contribution < -0.4 is 9.47 Å². The van der Waals surface area contributed by atoms with Crippen molar-refractivity contribution in [1.29, 1.82) is 0 Å². The van der Waals surface area contributed by atoms with Crippen LogP contribution in [0.2, 0.25) is 0 Å². The summed E-state index contributed by atoms with van der Waals surface area (Å²) in [6.45, 7) is 0. The van der Waals surface area contributed by atoms with E-state index in [0.29, 0.717) is 12.1 Å². The van der Waals surface area contributed by atoms with Crippen LogP contribution >= 0.6 is 0 Å². The third-order valence-electron chi connectivity index (χ3n) is 6.53. The van der Waals surface area contributed by atoms with Crippen molar-refractivity contribution in [2.75, 3.05) is 0 Å². The average molecular weight is 676 g/mol. The maximum atomic E-state index is 13.7. The largest absolute Gasteiger partial charge is 0.478 e. The van der Waals surface area contributed by atoms with Crippen LogP contribution in [0, 0.1) is 0 Å². The van der Waals surface area contributed by atoms with Crippen LogP contribution in [0.4, 0.5) is 26.3 Å². The minimum Gasteiger partial charge on any atom is -0.478 e. The summed E-state index contributed by atoms with van der Waals surface area (Å²) in [5.74, 6) is -12.2. The van der Waals surface area contributed by atoms with Crippen LogP contribution in [-0.2, 0) is 12.4 Å². The molecule has 0 aliphatic heterocycles. The van der Waals surface area contributed by atoms with Gasteiger partial charge >= 0.3 is 36.2 Å². The molecular formula is C32H18F6O10. The van der Waals surface area contributed by atoms with E-state index in [1.165, 1.54) is 48.5 Å². The molecule has 0 spiro atoms. The molecule has 0 fully saturated rings. The van der Waals surface area contributed by atoms with Crippen LogP contribution in [0.5, 0.6) is 11.5 Å². The normalized spacial score (nSPS) is 11.4. The third-order valence-corrected chi connectivity index (χ3v) is 6.53. The molecule has 0 amide bonds. The number of benzene rings is 4. The standard InChI is InChI=1S/C32H18F6O10/c33-31(34,35)17-11-13-19(24(28(43)44)22(17)26(39)40)47-30(21(15-7-3-1-4-8-15)16-9-5-2-6-10-16)48-20-14-12-18(32(36,37)38)23(27(41)42)25(20)29(45)46/h1-14H,(H,39,40)(H,41,42)(H,43,44)(H,45,46). The highest BCUT2D eigenvalue weighted by atomic mass is 19.4. The smallest absolute Gasteiger partial charge is 0.417 e. The number of halogens is 6. The summed E-state index contributed by atoms with van der Waals surface area (Å²) < 4.78 is 93.7. The first-order chi connectivity index (χ1) is 22.4. The zero-order chi connectivity index (χ0) is 35.6. The van der Waals surface area contributed by atoms with Crippen molar-refractivity contribution in [1.82, 2.24) is 0 Å². The van der Waals surface area contributed by atoms with E-state index in [1.807, 2.05) is 0 Å². The van der Waals surface area contributed by atoms with Crippen molar-refractivity contribution in [2.45, 2.75) is 12.4 Å². The summed E-state index contributed by atoms with van der Waals surface area (Å²) in [6.07, 6.45) is -10.7. The first-order valence-corrected chi connectivity index (χ1v) is 13.1. The van der Waals surface area contributed by atoms with Crippen LogP contribution in [0.15, 0.2) is 90.9 Å². The molecule has 0 aliphatic carbocycles. The average Bonchev–Trinajstić information content (AvgIpc) is 3.00. The fourth-order valence-corrected chi connectivity index (χ4v) is 4.61. The number of carboxylic acid groups (broad SMARTS) is 4. The molecule has 0 aromatic heterocycles. The summed E-state index contributed by atoms with van der Waals surface area (Å²) >= 11 is 0. The predicted molar refractivity (Wildman–Crippen MR) is 151 cm³/mol. The molecule has 0 unspecified atom stereocenters. The number of rotatable bonds is 10. The molecule has 0 heterocycles. The molecule has 4 aromatic rings. The number of carbonyl (C=O) groups is 4. The number of hydrogen-bond acceptors (Lipinski definition) is 6. The van der Waals surface area contributed by atoms with Gasteiger partial charge in [0.1, 0.15) is 22.6 Å². The van der Waals surface area contributed by atoms with E-state index in [4.69, 9.17) is 9.47 Å². The van der Waals surface area contributed by atoms with Gasteiger partial charge in [0.2, 0.25) is 0 Å². The maximum Gasteiger partial charge on any atom is 0.417 e. The van der Waals surface area contributed by atoms with E-state index in [9.17, 15) is 65.9 Å². The van der Waals surface area contributed by atoms with Gasteiger partial charge in [0.25, 0.3) is 5.95 Å². The summed E-state index contributed by atoms with van der Waals surface area (Å²) in [4.78, 5) is 48.4. The molecule has 0 atom stereocenters. The maximum absolute atomic E-state index is 13.7. The minimum atomic E-state index is -5.35. The lowest BCUT2D eigenvalue weighted by Gasteiger charge is -2.22. The van der Waals surface area contributed by atoms with Crippen molar-refractivity contribution in [3.63, 3.8) is 0 Å². The fraction of sp³-hybridized carbons (Fsp3) is 0.0625. The van der Waals surface area contributed by atoms with Gasteiger partial charge in [-0.25, -0.2) is 19.2 Å². The van der Waals surface area contributed by atoms with Crippen LogP contribution in [0.1, 0.15) is 63.7 Å². The highest BCUT2D eigenvalue weighted by molar-refractivity contribution is 6.06. The van der Waals surface area contributed by atoms with Gasteiger partial charge in [0.15, 0.2) is 0 Å². The van der Waals surface area contributed by atoms with Gasteiger partial charge in [0.05, 0.1) is 27.8 Å². The van der Waals surface area contributed by atoms with E-state index < -0.39 is 87.1 Å². The van der Waals surface area contributed by atoms with E-state index in [2.05, 4.69) is 0 Å². The Bertz CT molecular complexity index is 1810. The molecular weight excluding hydrogens is 658 g/mol. The second kappa shape index (κ2) is 13.2. The lowest BCUT2D eigenvalue weighted by atomic mass is 9.97. The zero-order valence-electron chi connectivity index (χ0n) is 23.6. The van der Waals surface area contributed by atoms with Gasteiger partial charge in [-0.15, -0.1) is 0 Å². The molecule has 4 aromatic carbocycles. The zero-order valence-corrected chi connectivity index (χ0v) is 23.6. The molecule has 0 radical (unpaired) electrons. The summed E-state index contributed by atoms with van der Waals surface area (Å²) in [5, 5.41) is 39.0. The molecule has 0 saturated heterocycles. The third kappa shape index (κ3) is 7.06. The summed E-state index contributed by atoms with van der Waals surface area (Å²) in [6, 6.07) is 16.1. The second-order valence-electron chi connectivity index (χ2n) is 9.54. The molecule has 0 aliphatic rings. The Hall–Kier alpha value is -6.32. The van der Waals surface area contributed by atoms with Gasteiger partial charge in [-0.05, 0) is 35.4 Å². The number of alkyl halides is 6. The first-order valence-electron chi connectivity index (χ1n) is 13.1. The van der Waals surface area contributed by atoms with E-state index >= 15 is 0 Å². The number of hydrogen-bond donors (Lipinski definition) is 4. The highest BCUT2D eigenvalue weighted by Crippen LogP contribution is 2.41. The van der Waals surface area contributed by atoms with Gasteiger partial charge in [-0.2, -0.15) is 26.3 Å². The summed E-state index contributed by atoms with van der Waals surface area (Å²) in [7, 11) is 0. The van der Waals surface area contributed by atoms with Crippen LogP contribution in [-0.4, -0.2) is 44.3 Å². The van der Waals surface area contributed by atoms with Crippen molar-refractivity contribution >= 4 is 29.5 Å². The molecule has 4 rings (SSSR count).